The maximum atomic E-state index is 11.3. The Hall–Kier alpha value is -1.71. The molecule has 0 radical (unpaired) electrons. The predicted octanol–water partition coefficient (Wildman–Crippen LogP) is 2.90. The quantitative estimate of drug-likeness (QED) is 0.637. The van der Waals surface area contributed by atoms with Crippen LogP contribution >= 0.6 is 0 Å². The number of rotatable bonds is 4. The van der Waals surface area contributed by atoms with Gasteiger partial charge in [-0.1, -0.05) is 20.8 Å². The largest absolute Gasteiger partial charge is 0.465 e. The first kappa shape index (κ1) is 14.4. The van der Waals surface area contributed by atoms with Crippen molar-refractivity contribution in [2.75, 3.05) is 24.7 Å². The molecule has 0 unspecified atom stereocenters. The van der Waals surface area contributed by atoms with Crippen LogP contribution in [0.25, 0.3) is 0 Å². The zero-order valence-electron chi connectivity index (χ0n) is 11.5. The van der Waals surface area contributed by atoms with Crippen molar-refractivity contribution in [3.05, 3.63) is 23.8 Å². The number of nitrogen functional groups attached to an aromatic ring is 1. The van der Waals surface area contributed by atoms with E-state index in [2.05, 4.69) is 30.8 Å². The number of hydrogen-bond acceptors (Lipinski definition) is 4. The van der Waals surface area contributed by atoms with Crippen molar-refractivity contribution in [2.24, 2.45) is 5.41 Å². The van der Waals surface area contributed by atoms with Crippen molar-refractivity contribution in [1.29, 1.82) is 0 Å². The average Bonchev–Trinajstić information content (AvgIpc) is 2.28. The first-order chi connectivity index (χ1) is 8.33. The third-order valence-electron chi connectivity index (χ3n) is 2.66. The number of ether oxygens (including phenoxy) is 1. The summed E-state index contributed by atoms with van der Waals surface area (Å²) in [6.07, 6.45) is 1.05. The first-order valence-electron chi connectivity index (χ1n) is 6.05. The second kappa shape index (κ2) is 5.76. The summed E-state index contributed by atoms with van der Waals surface area (Å²) in [6, 6.07) is 5.15. The van der Waals surface area contributed by atoms with Gasteiger partial charge in [0, 0.05) is 6.54 Å². The molecule has 0 amide bonds. The Morgan fingerprint density at radius 2 is 2.06 bits per heavy atom. The van der Waals surface area contributed by atoms with Crippen LogP contribution in [0.1, 0.15) is 37.6 Å². The zero-order chi connectivity index (χ0) is 13.8. The lowest BCUT2D eigenvalue weighted by Crippen LogP contribution is -2.13. The summed E-state index contributed by atoms with van der Waals surface area (Å²) < 4.78 is 4.64. The van der Waals surface area contributed by atoms with E-state index in [1.807, 2.05) is 6.07 Å². The first-order valence-corrected chi connectivity index (χ1v) is 6.05. The van der Waals surface area contributed by atoms with E-state index in [1.54, 1.807) is 12.1 Å². The van der Waals surface area contributed by atoms with Crippen LogP contribution in [0.5, 0.6) is 0 Å². The van der Waals surface area contributed by atoms with Gasteiger partial charge in [0.1, 0.15) is 0 Å². The molecule has 0 aliphatic carbocycles. The van der Waals surface area contributed by atoms with Gasteiger partial charge in [0.2, 0.25) is 0 Å². The number of hydrogen-bond donors (Lipinski definition) is 2. The Balaban J connectivity index is 2.66. The summed E-state index contributed by atoms with van der Waals surface area (Å²) in [7, 11) is 1.36. The van der Waals surface area contributed by atoms with Crippen LogP contribution < -0.4 is 11.1 Å². The number of methoxy groups -OCH3 is 1. The Morgan fingerprint density at radius 3 is 2.56 bits per heavy atom. The second-order valence-electron chi connectivity index (χ2n) is 5.53. The molecule has 0 saturated heterocycles. The van der Waals surface area contributed by atoms with E-state index < -0.39 is 0 Å². The molecule has 1 aromatic carbocycles. The molecule has 3 N–H and O–H groups in total. The van der Waals surface area contributed by atoms with Gasteiger partial charge in [-0.2, -0.15) is 0 Å². The van der Waals surface area contributed by atoms with Gasteiger partial charge in [-0.3, -0.25) is 0 Å². The number of esters is 1. The highest BCUT2D eigenvalue weighted by atomic mass is 16.5. The lowest BCUT2D eigenvalue weighted by atomic mass is 9.92. The van der Waals surface area contributed by atoms with Gasteiger partial charge in [0.05, 0.1) is 24.0 Å². The second-order valence-corrected chi connectivity index (χ2v) is 5.53. The molecule has 4 heteroatoms. The molecule has 100 valence electrons. The summed E-state index contributed by atoms with van der Waals surface area (Å²) in [6.45, 7) is 7.43. The van der Waals surface area contributed by atoms with Crippen LogP contribution in [0.4, 0.5) is 11.4 Å². The molecular weight excluding hydrogens is 228 g/mol. The Morgan fingerprint density at radius 1 is 1.39 bits per heavy atom. The van der Waals surface area contributed by atoms with E-state index in [0.29, 0.717) is 11.3 Å². The normalized spacial score (nSPS) is 11.1. The van der Waals surface area contributed by atoms with Crippen LogP contribution in [-0.2, 0) is 4.74 Å². The molecule has 0 aromatic heterocycles. The predicted molar refractivity (Wildman–Crippen MR) is 74.8 cm³/mol. The van der Waals surface area contributed by atoms with Gasteiger partial charge in [-0.25, -0.2) is 4.79 Å². The Bertz CT molecular complexity index is 422. The van der Waals surface area contributed by atoms with Crippen LogP contribution in [0.15, 0.2) is 18.2 Å². The molecule has 0 heterocycles. The Kier molecular flexibility index (Phi) is 4.59. The molecule has 1 aromatic rings. The minimum atomic E-state index is -0.372. The molecule has 18 heavy (non-hydrogen) atoms. The average molecular weight is 250 g/mol. The highest BCUT2D eigenvalue weighted by Gasteiger charge is 2.11. The lowest BCUT2D eigenvalue weighted by molar-refractivity contribution is 0.0601. The van der Waals surface area contributed by atoms with Crippen molar-refractivity contribution in [3.63, 3.8) is 0 Å². The Labute approximate surface area is 109 Å². The molecule has 0 aliphatic heterocycles. The molecule has 1 rings (SSSR count). The monoisotopic (exact) mass is 250 g/mol. The number of anilines is 2. The third kappa shape index (κ3) is 4.28. The van der Waals surface area contributed by atoms with Gasteiger partial charge < -0.3 is 15.8 Å². The van der Waals surface area contributed by atoms with Crippen molar-refractivity contribution in [2.45, 2.75) is 27.2 Å². The minimum absolute atomic E-state index is 0.285. The van der Waals surface area contributed by atoms with Crippen LogP contribution in [0.3, 0.4) is 0 Å². The van der Waals surface area contributed by atoms with Gasteiger partial charge in [0.15, 0.2) is 0 Å². The molecular formula is C14H22N2O2. The van der Waals surface area contributed by atoms with E-state index in [0.717, 1.165) is 18.7 Å². The molecule has 0 atom stereocenters. The van der Waals surface area contributed by atoms with E-state index in [9.17, 15) is 4.79 Å². The van der Waals surface area contributed by atoms with Crippen molar-refractivity contribution < 1.29 is 9.53 Å². The molecule has 4 nitrogen and oxygen atoms in total. The lowest BCUT2D eigenvalue weighted by Gasteiger charge is -2.19. The van der Waals surface area contributed by atoms with Crippen LogP contribution in [0.2, 0.25) is 0 Å². The fraction of sp³-hybridized carbons (Fsp3) is 0.500. The van der Waals surface area contributed by atoms with Crippen molar-refractivity contribution in [3.8, 4) is 0 Å². The van der Waals surface area contributed by atoms with E-state index in [1.165, 1.54) is 7.11 Å². The summed E-state index contributed by atoms with van der Waals surface area (Å²) in [5.41, 5.74) is 8.06. The van der Waals surface area contributed by atoms with Crippen LogP contribution in [0, 0.1) is 5.41 Å². The minimum Gasteiger partial charge on any atom is -0.465 e. The number of nitrogens with one attached hydrogen (secondary N) is 1. The molecule has 0 aliphatic rings. The number of nitrogens with two attached hydrogens (primary N) is 1. The fourth-order valence-electron chi connectivity index (χ4n) is 1.54. The fourth-order valence-corrected chi connectivity index (χ4v) is 1.54. The van der Waals surface area contributed by atoms with Crippen molar-refractivity contribution >= 4 is 17.3 Å². The summed E-state index contributed by atoms with van der Waals surface area (Å²) in [5.74, 6) is -0.372. The summed E-state index contributed by atoms with van der Waals surface area (Å²) in [5, 5.41) is 3.28. The topological polar surface area (TPSA) is 64.3 Å². The summed E-state index contributed by atoms with van der Waals surface area (Å²) in [4.78, 5) is 11.3. The number of benzene rings is 1. The maximum absolute atomic E-state index is 11.3. The van der Waals surface area contributed by atoms with E-state index in [-0.39, 0.29) is 11.4 Å². The van der Waals surface area contributed by atoms with Crippen LogP contribution in [-0.4, -0.2) is 19.6 Å². The number of carbonyl (C=O) groups is 1. The maximum Gasteiger partial charge on any atom is 0.337 e. The van der Waals surface area contributed by atoms with E-state index in [4.69, 9.17) is 5.73 Å². The highest BCUT2D eigenvalue weighted by molar-refractivity contribution is 5.91. The van der Waals surface area contributed by atoms with Gasteiger partial charge in [-0.15, -0.1) is 0 Å². The van der Waals surface area contributed by atoms with Gasteiger partial charge >= 0.3 is 5.97 Å². The van der Waals surface area contributed by atoms with Gasteiger partial charge in [-0.05, 0) is 30.0 Å². The highest BCUT2D eigenvalue weighted by Crippen LogP contribution is 2.22. The molecule has 0 saturated carbocycles. The zero-order valence-corrected chi connectivity index (χ0v) is 11.5. The summed E-state index contributed by atoms with van der Waals surface area (Å²) >= 11 is 0. The molecule has 0 fully saturated rings. The van der Waals surface area contributed by atoms with Crippen molar-refractivity contribution in [1.82, 2.24) is 0 Å². The smallest absolute Gasteiger partial charge is 0.337 e. The number of carbonyl (C=O) groups excluding carboxylic acids is 1. The standard InChI is InChI=1S/C14H22N2O2/c1-14(2,3)7-8-16-12-6-5-10(9-11(12)15)13(17)18-4/h5-6,9,16H,7-8,15H2,1-4H3. The molecule has 0 spiro atoms. The molecule has 0 bridgehead atoms. The SMILES string of the molecule is COC(=O)c1ccc(NCCC(C)(C)C)c(N)c1. The van der Waals surface area contributed by atoms with Gasteiger partial charge in [0.25, 0.3) is 0 Å². The third-order valence-corrected chi connectivity index (χ3v) is 2.66. The van der Waals surface area contributed by atoms with E-state index >= 15 is 0 Å².